The van der Waals surface area contributed by atoms with E-state index in [0.717, 1.165) is 17.0 Å². The molecule has 2 heterocycles. The molecule has 0 amide bonds. The number of hydrogen-bond acceptors (Lipinski definition) is 3. The van der Waals surface area contributed by atoms with Crippen LogP contribution in [0.5, 0.6) is 0 Å². The highest BCUT2D eigenvalue weighted by molar-refractivity contribution is 5.40. The van der Waals surface area contributed by atoms with Crippen LogP contribution in [0.4, 0.5) is 14.6 Å². The van der Waals surface area contributed by atoms with Gasteiger partial charge in [0.15, 0.2) is 23.3 Å². The number of nitrogen functional groups attached to an aromatic ring is 1. The van der Waals surface area contributed by atoms with Gasteiger partial charge in [-0.05, 0) is 26.3 Å². The van der Waals surface area contributed by atoms with E-state index >= 15 is 0 Å². The fourth-order valence-electron chi connectivity index (χ4n) is 1.55. The molecule has 0 radical (unpaired) electrons. The van der Waals surface area contributed by atoms with Gasteiger partial charge in [0, 0.05) is 11.8 Å². The van der Waals surface area contributed by atoms with E-state index < -0.39 is 11.6 Å². The maximum Gasteiger partial charge on any atom is 0.192 e. The van der Waals surface area contributed by atoms with Crippen LogP contribution in [0.25, 0.3) is 5.82 Å². The summed E-state index contributed by atoms with van der Waals surface area (Å²) in [4.78, 5) is 3.69. The quantitative estimate of drug-likeness (QED) is 0.827. The normalized spacial score (nSPS) is 10.9. The van der Waals surface area contributed by atoms with Gasteiger partial charge in [-0.1, -0.05) is 0 Å². The number of nitrogens with two attached hydrogens (primary N) is 1. The minimum Gasteiger partial charge on any atom is -0.381 e. The smallest absolute Gasteiger partial charge is 0.192 e. The number of pyridine rings is 1. The predicted octanol–water partition coefficient (Wildman–Crippen LogP) is 2.05. The summed E-state index contributed by atoms with van der Waals surface area (Å²) >= 11 is 0. The number of aromatic nitrogens is 3. The van der Waals surface area contributed by atoms with E-state index in [0.29, 0.717) is 6.07 Å². The van der Waals surface area contributed by atoms with Crippen molar-refractivity contribution >= 4 is 5.82 Å². The lowest BCUT2D eigenvalue weighted by atomic mass is 10.2. The Labute approximate surface area is 97.1 Å². The topological polar surface area (TPSA) is 56.7 Å². The summed E-state index contributed by atoms with van der Waals surface area (Å²) in [6.45, 7) is 5.47. The van der Waals surface area contributed by atoms with E-state index in [1.807, 2.05) is 13.8 Å². The van der Waals surface area contributed by atoms with Crippen molar-refractivity contribution in [3.8, 4) is 5.82 Å². The van der Waals surface area contributed by atoms with Gasteiger partial charge in [-0.15, -0.1) is 0 Å². The number of nitrogens with zero attached hydrogens (tertiary/aromatic N) is 3. The van der Waals surface area contributed by atoms with Crippen LogP contribution in [0.3, 0.4) is 0 Å². The van der Waals surface area contributed by atoms with E-state index in [9.17, 15) is 8.78 Å². The molecule has 0 saturated heterocycles. The van der Waals surface area contributed by atoms with E-state index in [-0.39, 0.29) is 11.6 Å². The minimum absolute atomic E-state index is 0.0856. The van der Waals surface area contributed by atoms with Crippen molar-refractivity contribution < 1.29 is 8.78 Å². The fraction of sp³-hybridized carbons (Fsp3) is 0.273. The molecule has 0 aliphatic rings. The number of anilines is 1. The van der Waals surface area contributed by atoms with Gasteiger partial charge < -0.3 is 5.73 Å². The van der Waals surface area contributed by atoms with Gasteiger partial charge in [-0.2, -0.15) is 5.10 Å². The Morgan fingerprint density at radius 3 is 2.35 bits per heavy atom. The molecule has 0 fully saturated rings. The molecule has 0 spiro atoms. The van der Waals surface area contributed by atoms with Gasteiger partial charge >= 0.3 is 0 Å². The van der Waals surface area contributed by atoms with Gasteiger partial charge in [-0.3, -0.25) is 0 Å². The molecule has 0 bridgehead atoms. The molecule has 0 atom stereocenters. The lowest BCUT2D eigenvalue weighted by Crippen LogP contribution is -2.08. The monoisotopic (exact) mass is 238 g/mol. The van der Waals surface area contributed by atoms with Crippen molar-refractivity contribution in [2.75, 3.05) is 5.73 Å². The lowest BCUT2D eigenvalue weighted by Gasteiger charge is -2.06. The number of aryl methyl sites for hydroxylation is 1. The number of halogens is 2. The van der Waals surface area contributed by atoms with Gasteiger partial charge in [0.1, 0.15) is 0 Å². The molecule has 0 aliphatic heterocycles. The van der Waals surface area contributed by atoms with Crippen molar-refractivity contribution in [1.29, 1.82) is 0 Å². The second-order valence-corrected chi connectivity index (χ2v) is 3.87. The Kier molecular flexibility index (Phi) is 2.57. The SMILES string of the molecule is Cc1nn(-c2nc(N)c(F)cc2F)c(C)c1C. The van der Waals surface area contributed by atoms with E-state index in [2.05, 4.69) is 10.1 Å². The molecular formula is C11H12F2N4. The molecule has 17 heavy (non-hydrogen) atoms. The highest BCUT2D eigenvalue weighted by Crippen LogP contribution is 2.20. The molecule has 2 N–H and O–H groups in total. The van der Waals surface area contributed by atoms with Gasteiger partial charge in [0.25, 0.3) is 0 Å². The van der Waals surface area contributed by atoms with E-state index in [1.165, 1.54) is 4.68 Å². The summed E-state index contributed by atoms with van der Waals surface area (Å²) in [5.74, 6) is -2.09. The maximum absolute atomic E-state index is 13.6. The molecule has 6 heteroatoms. The third-order valence-corrected chi connectivity index (χ3v) is 2.79. The van der Waals surface area contributed by atoms with Gasteiger partial charge in [0.2, 0.25) is 0 Å². The van der Waals surface area contributed by atoms with E-state index in [1.54, 1.807) is 6.92 Å². The Bertz CT molecular complexity index is 590. The first-order valence-electron chi connectivity index (χ1n) is 5.06. The lowest BCUT2D eigenvalue weighted by molar-refractivity contribution is 0.562. The van der Waals surface area contributed by atoms with Crippen LogP contribution in [0.2, 0.25) is 0 Å². The minimum atomic E-state index is -0.871. The van der Waals surface area contributed by atoms with Crippen molar-refractivity contribution in [2.24, 2.45) is 0 Å². The summed E-state index contributed by atoms with van der Waals surface area (Å²) in [7, 11) is 0. The average Bonchev–Trinajstić information content (AvgIpc) is 2.51. The highest BCUT2D eigenvalue weighted by Gasteiger charge is 2.16. The van der Waals surface area contributed by atoms with Crippen LogP contribution in [-0.4, -0.2) is 14.8 Å². The van der Waals surface area contributed by atoms with Crippen molar-refractivity contribution in [2.45, 2.75) is 20.8 Å². The first-order chi connectivity index (χ1) is 7.91. The van der Waals surface area contributed by atoms with Crippen LogP contribution < -0.4 is 5.73 Å². The van der Waals surface area contributed by atoms with Gasteiger partial charge in [0.05, 0.1) is 5.69 Å². The molecular weight excluding hydrogens is 226 g/mol. The van der Waals surface area contributed by atoms with Crippen LogP contribution in [0, 0.1) is 32.4 Å². The molecule has 2 aromatic rings. The summed E-state index contributed by atoms with van der Waals surface area (Å²) in [6, 6.07) is 0.712. The van der Waals surface area contributed by atoms with Gasteiger partial charge in [-0.25, -0.2) is 18.4 Å². The van der Waals surface area contributed by atoms with Crippen molar-refractivity contribution in [3.63, 3.8) is 0 Å². The Balaban J connectivity index is 2.68. The zero-order valence-electron chi connectivity index (χ0n) is 9.75. The standard InChI is InChI=1S/C11H12F2N4/c1-5-6(2)16-17(7(5)3)11-9(13)4-8(12)10(14)15-11/h4H,1-3H3,(H2,14,15). The maximum atomic E-state index is 13.6. The Hall–Kier alpha value is -1.98. The first-order valence-corrected chi connectivity index (χ1v) is 5.06. The summed E-state index contributed by atoms with van der Waals surface area (Å²) in [5, 5.41) is 4.15. The Morgan fingerprint density at radius 2 is 1.82 bits per heavy atom. The summed E-state index contributed by atoms with van der Waals surface area (Å²) < 4.78 is 28.0. The highest BCUT2D eigenvalue weighted by atomic mass is 19.1. The number of hydrogen-bond donors (Lipinski definition) is 1. The van der Waals surface area contributed by atoms with Crippen LogP contribution in [-0.2, 0) is 0 Å². The Morgan fingerprint density at radius 1 is 1.18 bits per heavy atom. The zero-order valence-corrected chi connectivity index (χ0v) is 9.75. The largest absolute Gasteiger partial charge is 0.381 e. The average molecular weight is 238 g/mol. The van der Waals surface area contributed by atoms with E-state index in [4.69, 9.17) is 5.73 Å². The molecule has 0 aliphatic carbocycles. The fourth-order valence-corrected chi connectivity index (χ4v) is 1.55. The molecule has 0 saturated carbocycles. The second kappa shape index (κ2) is 3.80. The van der Waals surface area contributed by atoms with Crippen molar-refractivity contribution in [3.05, 3.63) is 34.7 Å². The van der Waals surface area contributed by atoms with Crippen LogP contribution in [0.15, 0.2) is 6.07 Å². The molecule has 0 unspecified atom stereocenters. The third kappa shape index (κ3) is 1.75. The second-order valence-electron chi connectivity index (χ2n) is 3.87. The molecule has 4 nitrogen and oxygen atoms in total. The van der Waals surface area contributed by atoms with Crippen molar-refractivity contribution in [1.82, 2.24) is 14.8 Å². The van der Waals surface area contributed by atoms with Crippen LogP contribution in [0.1, 0.15) is 17.0 Å². The molecule has 0 aromatic carbocycles. The molecule has 2 rings (SSSR count). The molecule has 90 valence electrons. The molecule has 2 aromatic heterocycles. The summed E-state index contributed by atoms with van der Waals surface area (Å²) in [6.07, 6.45) is 0. The number of rotatable bonds is 1. The third-order valence-electron chi connectivity index (χ3n) is 2.79. The summed E-state index contributed by atoms with van der Waals surface area (Å²) in [5.41, 5.74) is 7.79. The predicted molar refractivity (Wildman–Crippen MR) is 59.9 cm³/mol. The van der Waals surface area contributed by atoms with Crippen LogP contribution >= 0.6 is 0 Å². The zero-order chi connectivity index (χ0) is 12.7. The first kappa shape index (κ1) is 11.5.